The number of hydrogen-bond acceptors (Lipinski definition) is 3. The molecule has 0 aromatic carbocycles. The fraction of sp³-hybridized carbons (Fsp3) is 0.867. The van der Waals surface area contributed by atoms with Crippen LogP contribution in [0.25, 0.3) is 0 Å². The summed E-state index contributed by atoms with van der Waals surface area (Å²) >= 11 is 0. The molecule has 2 amide bonds. The van der Waals surface area contributed by atoms with Gasteiger partial charge in [-0.2, -0.15) is 0 Å². The molecule has 2 N–H and O–H groups in total. The van der Waals surface area contributed by atoms with E-state index in [-0.39, 0.29) is 35.8 Å². The van der Waals surface area contributed by atoms with Gasteiger partial charge < -0.3 is 15.3 Å². The molecule has 20 heavy (non-hydrogen) atoms. The number of likely N-dealkylation sites (tertiary alicyclic amines) is 1. The summed E-state index contributed by atoms with van der Waals surface area (Å²) in [4.78, 5) is 25.5. The monoisotopic (exact) mass is 284 g/mol. The van der Waals surface area contributed by atoms with Crippen LogP contribution in [-0.4, -0.2) is 47.6 Å². The second-order valence-electron chi connectivity index (χ2n) is 6.76. The first kappa shape index (κ1) is 17.0. The largest absolute Gasteiger partial charge is 0.396 e. The fourth-order valence-corrected chi connectivity index (χ4v) is 2.41. The Morgan fingerprint density at radius 3 is 2.65 bits per heavy atom. The first-order chi connectivity index (χ1) is 9.26. The first-order valence-electron chi connectivity index (χ1n) is 7.45. The van der Waals surface area contributed by atoms with Crippen LogP contribution in [0.15, 0.2) is 0 Å². The van der Waals surface area contributed by atoms with E-state index in [1.807, 2.05) is 27.7 Å². The van der Waals surface area contributed by atoms with E-state index in [9.17, 15) is 9.59 Å². The minimum Gasteiger partial charge on any atom is -0.396 e. The predicted octanol–water partition coefficient (Wildman–Crippen LogP) is 1.16. The van der Waals surface area contributed by atoms with Crippen LogP contribution in [0.5, 0.6) is 0 Å². The smallest absolute Gasteiger partial charge is 0.225 e. The zero-order valence-electron chi connectivity index (χ0n) is 13.1. The number of aliphatic hydroxyl groups excluding tert-OH is 1. The van der Waals surface area contributed by atoms with Gasteiger partial charge in [0.05, 0.1) is 5.92 Å². The lowest BCUT2D eigenvalue weighted by atomic mass is 9.89. The van der Waals surface area contributed by atoms with Gasteiger partial charge >= 0.3 is 0 Å². The zero-order chi connectivity index (χ0) is 15.3. The Kier molecular flexibility index (Phi) is 5.99. The molecule has 1 rings (SSSR count). The maximum atomic E-state index is 12.0. The lowest BCUT2D eigenvalue weighted by Crippen LogP contribution is -2.36. The topological polar surface area (TPSA) is 69.6 Å². The standard InChI is InChI=1S/C15H28N2O3/c1-11(2)17-9-12(8-13(17)19)14(20)16-7-5-6-15(3,4)10-18/h11-12,18H,5-10H2,1-4H3,(H,16,20). The molecule has 0 aromatic rings. The van der Waals surface area contributed by atoms with E-state index in [0.717, 1.165) is 12.8 Å². The molecule has 1 heterocycles. The third-order valence-electron chi connectivity index (χ3n) is 3.91. The van der Waals surface area contributed by atoms with Crippen LogP contribution >= 0.6 is 0 Å². The molecule has 0 saturated carbocycles. The Morgan fingerprint density at radius 2 is 2.15 bits per heavy atom. The maximum absolute atomic E-state index is 12.0. The quantitative estimate of drug-likeness (QED) is 0.689. The average molecular weight is 284 g/mol. The third-order valence-corrected chi connectivity index (χ3v) is 3.91. The lowest BCUT2D eigenvalue weighted by molar-refractivity contribution is -0.129. The maximum Gasteiger partial charge on any atom is 0.225 e. The van der Waals surface area contributed by atoms with Crippen LogP contribution in [0, 0.1) is 11.3 Å². The molecular formula is C15H28N2O3. The van der Waals surface area contributed by atoms with E-state index in [2.05, 4.69) is 5.32 Å². The van der Waals surface area contributed by atoms with Crippen LogP contribution in [-0.2, 0) is 9.59 Å². The summed E-state index contributed by atoms with van der Waals surface area (Å²) < 4.78 is 0. The van der Waals surface area contributed by atoms with E-state index < -0.39 is 0 Å². The van der Waals surface area contributed by atoms with Crippen LogP contribution in [0.1, 0.15) is 47.0 Å². The van der Waals surface area contributed by atoms with Crippen molar-refractivity contribution in [3.05, 3.63) is 0 Å². The Labute approximate surface area is 121 Å². The van der Waals surface area contributed by atoms with Gasteiger partial charge in [-0.15, -0.1) is 0 Å². The number of aliphatic hydroxyl groups is 1. The number of nitrogens with one attached hydrogen (secondary N) is 1. The van der Waals surface area contributed by atoms with Crippen molar-refractivity contribution in [1.82, 2.24) is 10.2 Å². The molecule has 5 heteroatoms. The van der Waals surface area contributed by atoms with Crippen molar-refractivity contribution < 1.29 is 14.7 Å². The number of amides is 2. The summed E-state index contributed by atoms with van der Waals surface area (Å²) in [6.45, 7) is 9.24. The van der Waals surface area contributed by atoms with Gasteiger partial charge in [0.15, 0.2) is 0 Å². The Bertz CT molecular complexity index is 353. The van der Waals surface area contributed by atoms with Gasteiger partial charge in [0, 0.05) is 32.2 Å². The van der Waals surface area contributed by atoms with Gasteiger partial charge in [0.2, 0.25) is 11.8 Å². The second-order valence-corrected chi connectivity index (χ2v) is 6.76. The van der Waals surface area contributed by atoms with Gasteiger partial charge in [-0.3, -0.25) is 9.59 Å². The van der Waals surface area contributed by atoms with Gasteiger partial charge in [-0.05, 0) is 32.1 Å². The van der Waals surface area contributed by atoms with Crippen LogP contribution in [0.3, 0.4) is 0 Å². The van der Waals surface area contributed by atoms with Crippen molar-refractivity contribution in [3.8, 4) is 0 Å². The molecule has 0 bridgehead atoms. The van der Waals surface area contributed by atoms with Crippen LogP contribution < -0.4 is 5.32 Å². The Hall–Kier alpha value is -1.10. The summed E-state index contributed by atoms with van der Waals surface area (Å²) in [7, 11) is 0. The molecule has 116 valence electrons. The number of nitrogens with zero attached hydrogens (tertiary/aromatic N) is 1. The predicted molar refractivity (Wildman–Crippen MR) is 78.1 cm³/mol. The Balaban J connectivity index is 2.29. The van der Waals surface area contributed by atoms with Crippen molar-refractivity contribution in [3.63, 3.8) is 0 Å². The third kappa shape index (κ3) is 4.78. The van der Waals surface area contributed by atoms with E-state index in [1.54, 1.807) is 4.90 Å². The van der Waals surface area contributed by atoms with Crippen molar-refractivity contribution in [1.29, 1.82) is 0 Å². The molecule has 1 saturated heterocycles. The summed E-state index contributed by atoms with van der Waals surface area (Å²) in [6.07, 6.45) is 2.03. The molecule has 0 spiro atoms. The lowest BCUT2D eigenvalue weighted by Gasteiger charge is -2.22. The highest BCUT2D eigenvalue weighted by atomic mass is 16.3. The molecular weight excluding hydrogens is 256 g/mol. The minimum atomic E-state index is -0.212. The molecule has 1 unspecified atom stereocenters. The summed E-state index contributed by atoms with van der Waals surface area (Å²) in [5.74, 6) is -0.166. The SMILES string of the molecule is CC(C)N1CC(C(=O)NCCCC(C)(C)CO)CC1=O. The number of carbonyl (C=O) groups is 2. The van der Waals surface area contributed by atoms with Crippen molar-refractivity contribution >= 4 is 11.8 Å². The highest BCUT2D eigenvalue weighted by Gasteiger charge is 2.35. The normalized spacial score (nSPS) is 19.8. The zero-order valence-corrected chi connectivity index (χ0v) is 13.1. The second kappa shape index (κ2) is 7.07. The number of carbonyl (C=O) groups excluding carboxylic acids is 2. The van der Waals surface area contributed by atoms with E-state index in [4.69, 9.17) is 5.11 Å². The van der Waals surface area contributed by atoms with E-state index in [0.29, 0.717) is 19.5 Å². The molecule has 5 nitrogen and oxygen atoms in total. The fourth-order valence-electron chi connectivity index (χ4n) is 2.41. The van der Waals surface area contributed by atoms with Gasteiger partial charge in [0.1, 0.15) is 0 Å². The summed E-state index contributed by atoms with van der Waals surface area (Å²) in [6, 6.07) is 0.158. The van der Waals surface area contributed by atoms with Crippen molar-refractivity contribution in [2.45, 2.75) is 53.0 Å². The number of hydrogen-bond donors (Lipinski definition) is 2. The molecule has 1 aliphatic rings. The first-order valence-corrected chi connectivity index (χ1v) is 7.45. The van der Waals surface area contributed by atoms with Gasteiger partial charge in [-0.25, -0.2) is 0 Å². The molecule has 1 atom stereocenters. The Morgan fingerprint density at radius 1 is 1.50 bits per heavy atom. The van der Waals surface area contributed by atoms with Crippen molar-refractivity contribution in [2.75, 3.05) is 19.7 Å². The molecule has 0 aliphatic carbocycles. The van der Waals surface area contributed by atoms with Crippen LogP contribution in [0.2, 0.25) is 0 Å². The molecule has 1 fully saturated rings. The molecule has 1 aliphatic heterocycles. The van der Waals surface area contributed by atoms with E-state index in [1.165, 1.54) is 0 Å². The van der Waals surface area contributed by atoms with Gasteiger partial charge in [-0.1, -0.05) is 13.8 Å². The summed E-state index contributed by atoms with van der Waals surface area (Å²) in [5, 5.41) is 12.1. The van der Waals surface area contributed by atoms with Gasteiger partial charge in [0.25, 0.3) is 0 Å². The highest BCUT2D eigenvalue weighted by Crippen LogP contribution is 2.21. The average Bonchev–Trinajstić information content (AvgIpc) is 2.77. The van der Waals surface area contributed by atoms with Crippen LogP contribution in [0.4, 0.5) is 0 Å². The number of rotatable bonds is 7. The van der Waals surface area contributed by atoms with E-state index >= 15 is 0 Å². The minimum absolute atomic E-state index is 0.0247. The van der Waals surface area contributed by atoms with Crippen molar-refractivity contribution in [2.24, 2.45) is 11.3 Å². The molecule has 0 radical (unpaired) electrons. The highest BCUT2D eigenvalue weighted by molar-refractivity contribution is 5.89. The molecule has 0 aromatic heterocycles. The summed E-state index contributed by atoms with van der Waals surface area (Å²) in [5.41, 5.74) is -0.0947.